The molecule has 3 atom stereocenters. The number of aromatic nitrogens is 1. The molecule has 0 saturated heterocycles. The fourth-order valence-corrected chi connectivity index (χ4v) is 4.12. The van der Waals surface area contributed by atoms with Crippen molar-refractivity contribution in [2.24, 2.45) is 5.92 Å². The van der Waals surface area contributed by atoms with Gasteiger partial charge in [-0.05, 0) is 66.7 Å². The first-order valence-electron chi connectivity index (χ1n) is 8.77. The van der Waals surface area contributed by atoms with E-state index in [0.29, 0.717) is 18.6 Å². The van der Waals surface area contributed by atoms with Crippen molar-refractivity contribution in [1.82, 2.24) is 4.98 Å². The van der Waals surface area contributed by atoms with E-state index >= 15 is 0 Å². The third kappa shape index (κ3) is 3.05. The Hall–Kier alpha value is -2.23. The Balaban J connectivity index is 1.39. The van der Waals surface area contributed by atoms with Crippen LogP contribution >= 0.6 is 0 Å². The van der Waals surface area contributed by atoms with Crippen molar-refractivity contribution in [2.45, 2.75) is 44.4 Å². The van der Waals surface area contributed by atoms with Crippen LogP contribution in [0.1, 0.15) is 55.6 Å². The lowest BCUT2D eigenvalue weighted by Crippen LogP contribution is -2.06. The van der Waals surface area contributed by atoms with Gasteiger partial charge < -0.3 is 14.5 Å². The molecule has 1 aromatic carbocycles. The van der Waals surface area contributed by atoms with Gasteiger partial charge in [0.25, 0.3) is 0 Å². The zero-order valence-corrected chi connectivity index (χ0v) is 14.0. The van der Waals surface area contributed by atoms with Crippen LogP contribution in [0.2, 0.25) is 0 Å². The summed E-state index contributed by atoms with van der Waals surface area (Å²) in [5, 5.41) is 0. The van der Waals surface area contributed by atoms with Gasteiger partial charge in [0, 0.05) is 12.3 Å². The van der Waals surface area contributed by atoms with Gasteiger partial charge in [-0.25, -0.2) is 0 Å². The number of nitrogens with one attached hydrogen (secondary N) is 1. The first-order chi connectivity index (χ1) is 11.7. The zero-order chi connectivity index (χ0) is 16.5. The molecule has 1 aliphatic heterocycles. The number of aromatic amines is 1. The van der Waals surface area contributed by atoms with Crippen LogP contribution in [-0.4, -0.2) is 11.8 Å². The molecule has 1 fully saturated rings. The number of fused-ring (bicyclic) bond motifs is 1. The molecule has 2 heterocycles. The Kier molecular flexibility index (Phi) is 4.05. The van der Waals surface area contributed by atoms with Crippen LogP contribution in [0.25, 0.3) is 0 Å². The van der Waals surface area contributed by atoms with Crippen molar-refractivity contribution < 1.29 is 9.47 Å². The van der Waals surface area contributed by atoms with Crippen molar-refractivity contribution in [2.75, 3.05) is 6.79 Å². The fraction of sp³-hybridized carbons (Fsp3) is 0.450. The number of hydrogen-bond acceptors (Lipinski definition) is 3. The Labute approximate surface area is 141 Å². The van der Waals surface area contributed by atoms with E-state index in [0.717, 1.165) is 17.4 Å². The van der Waals surface area contributed by atoms with E-state index in [1.165, 1.54) is 36.8 Å². The van der Waals surface area contributed by atoms with Crippen molar-refractivity contribution in [1.29, 1.82) is 0 Å². The monoisotopic (exact) mass is 325 g/mol. The van der Waals surface area contributed by atoms with E-state index in [4.69, 9.17) is 9.47 Å². The van der Waals surface area contributed by atoms with Gasteiger partial charge in [0.1, 0.15) is 0 Å². The highest BCUT2D eigenvalue weighted by molar-refractivity contribution is 5.45. The Morgan fingerprint density at radius 1 is 1.17 bits per heavy atom. The molecular weight excluding hydrogens is 302 g/mol. The average Bonchev–Trinajstić information content (AvgIpc) is 3.24. The minimum Gasteiger partial charge on any atom is -0.454 e. The topological polar surface area (TPSA) is 51.3 Å². The molecule has 2 aromatic rings. The molecule has 2 aliphatic rings. The summed E-state index contributed by atoms with van der Waals surface area (Å²) in [4.78, 5) is 14.0. The molecule has 1 aliphatic carbocycles. The first kappa shape index (κ1) is 15.3. The van der Waals surface area contributed by atoms with Gasteiger partial charge in [0.05, 0.1) is 0 Å². The lowest BCUT2D eigenvalue weighted by atomic mass is 9.88. The Morgan fingerprint density at radius 2 is 2.04 bits per heavy atom. The second-order valence-electron chi connectivity index (χ2n) is 7.11. The molecule has 0 bridgehead atoms. The number of H-pyrrole nitrogens is 1. The van der Waals surface area contributed by atoms with E-state index in [1.54, 1.807) is 6.07 Å². The summed E-state index contributed by atoms with van der Waals surface area (Å²) in [6.45, 7) is 2.63. The van der Waals surface area contributed by atoms with Crippen LogP contribution in [0.3, 0.4) is 0 Å². The highest BCUT2D eigenvalue weighted by Gasteiger charge is 2.28. The molecule has 1 saturated carbocycles. The van der Waals surface area contributed by atoms with Gasteiger partial charge in [-0.15, -0.1) is 0 Å². The number of pyridine rings is 1. The Bertz CT molecular complexity index is 762. The summed E-state index contributed by atoms with van der Waals surface area (Å²) < 4.78 is 10.9. The number of rotatable bonds is 4. The van der Waals surface area contributed by atoms with Crippen LogP contribution in [0.15, 0.2) is 41.3 Å². The normalized spacial score (nSPS) is 23.4. The zero-order valence-electron chi connectivity index (χ0n) is 14.0. The molecule has 1 unspecified atom stereocenters. The molecule has 126 valence electrons. The molecule has 24 heavy (non-hydrogen) atoms. The van der Waals surface area contributed by atoms with E-state index in [1.807, 2.05) is 18.3 Å². The number of benzene rings is 1. The van der Waals surface area contributed by atoms with Crippen LogP contribution < -0.4 is 15.0 Å². The molecule has 4 nitrogen and oxygen atoms in total. The van der Waals surface area contributed by atoms with Crippen molar-refractivity contribution >= 4 is 0 Å². The number of ether oxygens (including phenoxy) is 2. The summed E-state index contributed by atoms with van der Waals surface area (Å²) in [5.74, 6) is 3.55. The molecule has 0 radical (unpaired) electrons. The number of hydrogen-bond donors (Lipinski definition) is 1. The second kappa shape index (κ2) is 6.34. The highest BCUT2D eigenvalue weighted by atomic mass is 16.7. The highest BCUT2D eigenvalue weighted by Crippen LogP contribution is 2.43. The SMILES string of the molecule is C[C@@H](CC1CC[C@H](c2ccc(=O)[nH]c2)C1)c1ccc2c(c1)OCO2. The molecule has 4 heteroatoms. The van der Waals surface area contributed by atoms with E-state index in [9.17, 15) is 4.79 Å². The minimum atomic E-state index is -0.0234. The maximum atomic E-state index is 11.2. The van der Waals surface area contributed by atoms with Gasteiger partial charge in [0.15, 0.2) is 11.5 Å². The molecule has 0 spiro atoms. The second-order valence-corrected chi connectivity index (χ2v) is 7.11. The summed E-state index contributed by atoms with van der Waals surface area (Å²) in [5.41, 5.74) is 2.57. The quantitative estimate of drug-likeness (QED) is 0.917. The van der Waals surface area contributed by atoms with Crippen LogP contribution in [-0.2, 0) is 0 Å². The van der Waals surface area contributed by atoms with Crippen molar-refractivity contribution in [3.8, 4) is 11.5 Å². The van der Waals surface area contributed by atoms with E-state index < -0.39 is 0 Å². The van der Waals surface area contributed by atoms with E-state index in [-0.39, 0.29) is 5.56 Å². The lowest BCUT2D eigenvalue weighted by Gasteiger charge is -2.18. The van der Waals surface area contributed by atoms with Gasteiger partial charge in [0.2, 0.25) is 12.4 Å². The predicted octanol–water partition coefficient (Wildman–Crippen LogP) is 4.18. The maximum absolute atomic E-state index is 11.2. The summed E-state index contributed by atoms with van der Waals surface area (Å²) >= 11 is 0. The average molecular weight is 325 g/mol. The Morgan fingerprint density at radius 3 is 2.88 bits per heavy atom. The predicted molar refractivity (Wildman–Crippen MR) is 92.7 cm³/mol. The third-order valence-corrected chi connectivity index (χ3v) is 5.47. The third-order valence-electron chi connectivity index (χ3n) is 5.47. The minimum absolute atomic E-state index is 0.0234. The van der Waals surface area contributed by atoms with E-state index in [2.05, 4.69) is 24.0 Å². The van der Waals surface area contributed by atoms with Crippen molar-refractivity contribution in [3.05, 3.63) is 58.0 Å². The lowest BCUT2D eigenvalue weighted by molar-refractivity contribution is 0.174. The smallest absolute Gasteiger partial charge is 0.247 e. The van der Waals surface area contributed by atoms with Gasteiger partial charge in [-0.3, -0.25) is 4.79 Å². The summed E-state index contributed by atoms with van der Waals surface area (Å²) in [6, 6.07) is 9.92. The van der Waals surface area contributed by atoms with Crippen LogP contribution in [0.4, 0.5) is 0 Å². The molecule has 1 aromatic heterocycles. The van der Waals surface area contributed by atoms with Gasteiger partial charge in [-0.2, -0.15) is 0 Å². The van der Waals surface area contributed by atoms with Crippen LogP contribution in [0.5, 0.6) is 11.5 Å². The summed E-state index contributed by atoms with van der Waals surface area (Å²) in [6.07, 6.45) is 6.76. The maximum Gasteiger partial charge on any atom is 0.247 e. The van der Waals surface area contributed by atoms with Crippen molar-refractivity contribution in [3.63, 3.8) is 0 Å². The molecule has 1 N–H and O–H groups in total. The molecular formula is C20H23NO3. The first-order valence-corrected chi connectivity index (χ1v) is 8.77. The standard InChI is InChI=1S/C20H23NO3/c1-13(15-4-6-18-19(10-15)24-12-23-18)8-14-2-3-16(9-14)17-5-7-20(22)21-11-17/h4-7,10-11,13-14,16H,2-3,8-9,12H2,1H3,(H,21,22)/t13-,14?,16-/m0/s1. The largest absolute Gasteiger partial charge is 0.454 e. The van der Waals surface area contributed by atoms with Gasteiger partial charge >= 0.3 is 0 Å². The summed E-state index contributed by atoms with van der Waals surface area (Å²) in [7, 11) is 0. The molecule has 0 amide bonds. The molecule has 4 rings (SSSR count). The van der Waals surface area contributed by atoms with Gasteiger partial charge in [-0.1, -0.05) is 19.1 Å². The van der Waals surface area contributed by atoms with Crippen LogP contribution in [0, 0.1) is 5.92 Å². The fourth-order valence-electron chi connectivity index (χ4n) is 4.12.